The van der Waals surface area contributed by atoms with Gasteiger partial charge in [-0.1, -0.05) is 0 Å². The van der Waals surface area contributed by atoms with Gasteiger partial charge in [0.1, 0.15) is 5.82 Å². The Balaban J connectivity index is 1.67. The highest BCUT2D eigenvalue weighted by molar-refractivity contribution is 7.87. The number of hydrogen-bond acceptors (Lipinski definition) is 8. The Labute approximate surface area is 191 Å². The highest BCUT2D eigenvalue weighted by Crippen LogP contribution is 2.32. The summed E-state index contributed by atoms with van der Waals surface area (Å²) in [6.45, 7) is 1.42. The lowest BCUT2D eigenvalue weighted by molar-refractivity contribution is -0.0502. The first kappa shape index (κ1) is 23.3. The molecule has 15 heteroatoms. The number of halogens is 3. The summed E-state index contributed by atoms with van der Waals surface area (Å²) in [5, 5.41) is 12.0. The SMILES string of the molecule is Cc1nccn1-c1ccc(Nc2nc3c(c(OS(=O)(=O)C(F)(F)F)n2)CN(C(=O)O)CC3)cc1. The van der Waals surface area contributed by atoms with Gasteiger partial charge in [0, 0.05) is 36.7 Å². The molecule has 11 nitrogen and oxygen atoms in total. The summed E-state index contributed by atoms with van der Waals surface area (Å²) in [5.74, 6) is -0.329. The topological polar surface area (TPSA) is 140 Å². The number of aromatic nitrogens is 4. The number of hydrogen-bond donors (Lipinski definition) is 2. The van der Waals surface area contributed by atoms with Crippen LogP contribution < -0.4 is 9.50 Å². The lowest BCUT2D eigenvalue weighted by atomic mass is 10.1. The molecule has 0 spiro atoms. The van der Waals surface area contributed by atoms with Crippen molar-refractivity contribution in [3.63, 3.8) is 0 Å². The molecule has 1 aliphatic rings. The largest absolute Gasteiger partial charge is 0.534 e. The fraction of sp³-hybridized carbons (Fsp3) is 0.263. The lowest BCUT2D eigenvalue weighted by Crippen LogP contribution is -2.36. The minimum Gasteiger partial charge on any atom is -0.465 e. The van der Waals surface area contributed by atoms with Crippen molar-refractivity contribution in [1.82, 2.24) is 24.4 Å². The number of aryl methyl sites for hydroxylation is 1. The van der Waals surface area contributed by atoms with E-state index in [9.17, 15) is 31.5 Å². The molecule has 180 valence electrons. The number of anilines is 2. The Morgan fingerprint density at radius 2 is 1.91 bits per heavy atom. The van der Waals surface area contributed by atoms with E-state index in [1.807, 2.05) is 11.5 Å². The van der Waals surface area contributed by atoms with Crippen LogP contribution in [-0.4, -0.2) is 56.1 Å². The molecule has 1 aliphatic heterocycles. The van der Waals surface area contributed by atoms with Crippen molar-refractivity contribution in [1.29, 1.82) is 0 Å². The number of amides is 1. The van der Waals surface area contributed by atoms with E-state index in [0.717, 1.165) is 16.4 Å². The first-order valence-corrected chi connectivity index (χ1v) is 11.1. The molecule has 3 heterocycles. The van der Waals surface area contributed by atoms with Gasteiger partial charge in [0.05, 0.1) is 17.8 Å². The third kappa shape index (κ3) is 4.59. The van der Waals surface area contributed by atoms with Crippen molar-refractivity contribution in [3.8, 4) is 11.6 Å². The average molecular weight is 498 g/mol. The Bertz CT molecular complexity index is 1340. The lowest BCUT2D eigenvalue weighted by Gasteiger charge is -2.27. The van der Waals surface area contributed by atoms with E-state index < -0.39 is 34.1 Å². The van der Waals surface area contributed by atoms with Gasteiger partial charge in [-0.3, -0.25) is 0 Å². The molecule has 1 aromatic carbocycles. The fourth-order valence-corrected chi connectivity index (χ4v) is 3.75. The number of alkyl halides is 3. The van der Waals surface area contributed by atoms with Crippen LogP contribution in [0.5, 0.6) is 5.88 Å². The van der Waals surface area contributed by atoms with E-state index in [-0.39, 0.29) is 30.2 Å². The zero-order valence-corrected chi connectivity index (χ0v) is 18.3. The minimum absolute atomic E-state index is 0.0171. The molecule has 1 amide bonds. The molecule has 0 aliphatic carbocycles. The van der Waals surface area contributed by atoms with Crippen LogP contribution in [0.2, 0.25) is 0 Å². The van der Waals surface area contributed by atoms with Crippen LogP contribution in [0.1, 0.15) is 17.1 Å². The fourth-order valence-electron chi connectivity index (χ4n) is 3.31. The van der Waals surface area contributed by atoms with Crippen LogP contribution in [0.3, 0.4) is 0 Å². The normalized spacial score (nSPS) is 13.9. The van der Waals surface area contributed by atoms with Crippen molar-refractivity contribution in [2.75, 3.05) is 11.9 Å². The second-order valence-electron chi connectivity index (χ2n) is 7.23. The quantitative estimate of drug-likeness (QED) is 0.401. The van der Waals surface area contributed by atoms with Crippen molar-refractivity contribution in [3.05, 3.63) is 53.7 Å². The second-order valence-corrected chi connectivity index (χ2v) is 8.77. The summed E-state index contributed by atoms with van der Waals surface area (Å²) in [4.78, 5) is 24.4. The van der Waals surface area contributed by atoms with Crippen LogP contribution in [0.15, 0.2) is 36.7 Å². The summed E-state index contributed by atoms with van der Waals surface area (Å²) in [6.07, 6.45) is 2.12. The molecular formula is C19H17F3N6O5S. The first-order valence-electron chi connectivity index (χ1n) is 9.70. The van der Waals surface area contributed by atoms with Crippen molar-refractivity contribution in [2.24, 2.45) is 0 Å². The number of nitrogens with zero attached hydrogens (tertiary/aromatic N) is 5. The Kier molecular flexibility index (Phi) is 5.80. The standard InChI is InChI=1S/C19H17F3N6O5S/c1-11-23-7-9-28(11)13-4-2-12(3-5-13)24-17-25-15-6-8-27(18(29)30)10-14(15)16(26-17)33-34(31,32)19(20,21)22/h2-5,7,9H,6,8,10H2,1H3,(H,29,30)(H,24,25,26). The second kappa shape index (κ2) is 8.48. The predicted octanol–water partition coefficient (Wildman–Crippen LogP) is 2.98. The maximum Gasteiger partial charge on any atom is 0.534 e. The van der Waals surface area contributed by atoms with Crippen LogP contribution in [-0.2, 0) is 23.1 Å². The highest BCUT2D eigenvalue weighted by Gasteiger charge is 2.49. The number of benzene rings is 1. The van der Waals surface area contributed by atoms with Crippen LogP contribution >= 0.6 is 0 Å². The predicted molar refractivity (Wildman–Crippen MR) is 111 cm³/mol. The number of rotatable bonds is 5. The number of imidazole rings is 1. The van der Waals surface area contributed by atoms with Crippen molar-refractivity contribution in [2.45, 2.75) is 25.4 Å². The maximum absolute atomic E-state index is 12.9. The molecule has 0 saturated heterocycles. The van der Waals surface area contributed by atoms with Gasteiger partial charge in [0.15, 0.2) is 0 Å². The third-order valence-electron chi connectivity index (χ3n) is 4.99. The summed E-state index contributed by atoms with van der Waals surface area (Å²) in [7, 11) is -6.04. The number of fused-ring (bicyclic) bond motifs is 1. The van der Waals surface area contributed by atoms with E-state index in [0.29, 0.717) is 5.69 Å². The van der Waals surface area contributed by atoms with Gasteiger partial charge in [0.25, 0.3) is 0 Å². The van der Waals surface area contributed by atoms with Gasteiger partial charge in [-0.15, -0.1) is 0 Å². The molecule has 2 N–H and O–H groups in total. The molecule has 0 fully saturated rings. The molecule has 34 heavy (non-hydrogen) atoms. The first-order chi connectivity index (χ1) is 15.9. The molecule has 0 atom stereocenters. The molecule has 2 aromatic heterocycles. The number of carboxylic acid groups (broad SMARTS) is 1. The van der Waals surface area contributed by atoms with Gasteiger partial charge in [-0.05, 0) is 31.2 Å². The molecule has 0 unspecified atom stereocenters. The Morgan fingerprint density at radius 3 is 2.50 bits per heavy atom. The number of carbonyl (C=O) groups is 1. The van der Waals surface area contributed by atoms with E-state index >= 15 is 0 Å². The zero-order chi connectivity index (χ0) is 24.7. The van der Waals surface area contributed by atoms with Crippen molar-refractivity contribution < 1.29 is 35.7 Å². The summed E-state index contributed by atoms with van der Waals surface area (Å²) >= 11 is 0. The molecule has 4 rings (SSSR count). The third-order valence-corrected chi connectivity index (χ3v) is 5.94. The molecule has 3 aromatic rings. The van der Waals surface area contributed by atoms with E-state index in [2.05, 4.69) is 24.5 Å². The van der Waals surface area contributed by atoms with Crippen LogP contribution in [0, 0.1) is 6.92 Å². The summed E-state index contributed by atoms with van der Waals surface area (Å²) in [6, 6.07) is 6.84. The Hall–Kier alpha value is -3.88. The van der Waals surface area contributed by atoms with E-state index in [1.165, 1.54) is 0 Å². The molecule has 0 radical (unpaired) electrons. The minimum atomic E-state index is -6.04. The average Bonchev–Trinajstić information content (AvgIpc) is 3.19. The zero-order valence-electron chi connectivity index (χ0n) is 17.4. The van der Waals surface area contributed by atoms with Gasteiger partial charge in [-0.2, -0.15) is 26.6 Å². The van der Waals surface area contributed by atoms with E-state index in [1.54, 1.807) is 36.7 Å². The van der Waals surface area contributed by atoms with Crippen molar-refractivity contribution >= 4 is 27.8 Å². The molecule has 0 saturated carbocycles. The monoisotopic (exact) mass is 498 g/mol. The van der Waals surface area contributed by atoms with Crippen LogP contribution in [0.25, 0.3) is 5.69 Å². The summed E-state index contributed by atoms with van der Waals surface area (Å²) in [5.41, 5.74) is -4.40. The van der Waals surface area contributed by atoms with Gasteiger partial charge in [0.2, 0.25) is 11.8 Å². The van der Waals surface area contributed by atoms with Gasteiger partial charge < -0.3 is 24.1 Å². The Morgan fingerprint density at radius 1 is 1.21 bits per heavy atom. The van der Waals surface area contributed by atoms with Gasteiger partial charge in [-0.25, -0.2) is 14.8 Å². The van der Waals surface area contributed by atoms with Gasteiger partial charge >= 0.3 is 21.7 Å². The van der Waals surface area contributed by atoms with E-state index in [4.69, 9.17) is 0 Å². The maximum atomic E-state index is 12.9. The van der Waals surface area contributed by atoms with Crippen LogP contribution in [0.4, 0.5) is 29.6 Å². The molecular weight excluding hydrogens is 481 g/mol. The number of nitrogens with one attached hydrogen (secondary N) is 1. The smallest absolute Gasteiger partial charge is 0.465 e. The molecule has 0 bridgehead atoms. The summed E-state index contributed by atoms with van der Waals surface area (Å²) < 4.78 is 68.0. The highest BCUT2D eigenvalue weighted by atomic mass is 32.2.